The molecule has 0 saturated heterocycles. The highest BCUT2D eigenvalue weighted by Gasteiger charge is 2.33. The van der Waals surface area contributed by atoms with Gasteiger partial charge in [0.25, 0.3) is 12.6 Å². The number of rotatable bonds is 14. The van der Waals surface area contributed by atoms with Crippen molar-refractivity contribution in [2.45, 2.75) is 122 Å². The van der Waals surface area contributed by atoms with Crippen LogP contribution in [-0.2, 0) is 0 Å². The average Bonchev–Trinajstić information content (AvgIpc) is 2.64. The third-order valence-electron chi connectivity index (χ3n) is 6.19. The van der Waals surface area contributed by atoms with Gasteiger partial charge in [-0.1, -0.05) is 61.9 Å². The molecule has 0 spiro atoms. The summed E-state index contributed by atoms with van der Waals surface area (Å²) in [5, 5.41) is 13.0. The number of nitrogens with zero attached hydrogens (tertiary/aromatic N) is 2. The van der Waals surface area contributed by atoms with Crippen molar-refractivity contribution in [1.82, 2.24) is 0 Å². The van der Waals surface area contributed by atoms with E-state index in [9.17, 15) is 10.0 Å². The van der Waals surface area contributed by atoms with Gasteiger partial charge < -0.3 is 5.11 Å². The second-order valence-electron chi connectivity index (χ2n) is 8.61. The van der Waals surface area contributed by atoms with Crippen LogP contribution >= 0.6 is 0 Å². The monoisotopic (exact) mass is 365 g/mol. The molecule has 1 fully saturated rings. The molecule has 0 radical (unpaired) electrons. The minimum absolute atomic E-state index is 0.116. The van der Waals surface area contributed by atoms with Crippen LogP contribution < -0.4 is 0 Å². The van der Waals surface area contributed by atoms with Crippen molar-refractivity contribution in [3.63, 3.8) is 0 Å². The molecule has 1 saturated carbocycles. The highest BCUT2D eigenvalue weighted by atomic mass is 16.3. The highest BCUT2D eigenvalue weighted by molar-refractivity contribution is 4.92. The minimum atomic E-state index is -0.205. The van der Waals surface area contributed by atoms with Crippen molar-refractivity contribution < 1.29 is 5.11 Å². The SMILES string of the molecule is C#[N+]C1CC(CCCCCCCCC(O)CCCC(C)N=O)CCC1C. The maximum Gasteiger partial charge on any atom is 0.274 e. The van der Waals surface area contributed by atoms with E-state index in [-0.39, 0.29) is 12.1 Å². The number of aliphatic hydroxyl groups is 1. The largest absolute Gasteiger partial charge is 0.393 e. The molecule has 0 aromatic rings. The molecule has 4 heteroatoms. The Morgan fingerprint density at radius 1 is 1.04 bits per heavy atom. The van der Waals surface area contributed by atoms with Crippen molar-refractivity contribution in [3.8, 4) is 6.57 Å². The Morgan fingerprint density at radius 2 is 1.69 bits per heavy atom. The molecule has 1 aliphatic carbocycles. The summed E-state index contributed by atoms with van der Waals surface area (Å²) >= 11 is 0. The van der Waals surface area contributed by atoms with Gasteiger partial charge in [0, 0.05) is 12.3 Å². The third-order valence-corrected chi connectivity index (χ3v) is 6.19. The van der Waals surface area contributed by atoms with E-state index in [0.717, 1.165) is 38.0 Å². The van der Waals surface area contributed by atoms with Gasteiger partial charge in [-0.05, 0) is 51.4 Å². The molecule has 26 heavy (non-hydrogen) atoms. The summed E-state index contributed by atoms with van der Waals surface area (Å²) < 4.78 is 0. The van der Waals surface area contributed by atoms with Crippen LogP contribution in [0.15, 0.2) is 5.18 Å². The zero-order valence-electron chi connectivity index (χ0n) is 17.1. The van der Waals surface area contributed by atoms with Crippen LogP contribution in [0.5, 0.6) is 0 Å². The Morgan fingerprint density at radius 3 is 2.38 bits per heavy atom. The first-order valence-corrected chi connectivity index (χ1v) is 11.0. The van der Waals surface area contributed by atoms with Gasteiger partial charge >= 0.3 is 0 Å². The molecule has 1 rings (SSSR count). The van der Waals surface area contributed by atoms with Crippen LogP contribution in [-0.4, -0.2) is 23.3 Å². The molecule has 0 aromatic heterocycles. The summed E-state index contributed by atoms with van der Waals surface area (Å²) in [6.07, 6.45) is 15.9. The first-order chi connectivity index (χ1) is 12.6. The van der Waals surface area contributed by atoms with Crippen molar-refractivity contribution in [2.75, 3.05) is 0 Å². The maximum absolute atomic E-state index is 10.3. The number of hydrogen-bond donors (Lipinski definition) is 1. The van der Waals surface area contributed by atoms with Crippen LogP contribution in [0.3, 0.4) is 0 Å². The first-order valence-electron chi connectivity index (χ1n) is 11.0. The summed E-state index contributed by atoms with van der Waals surface area (Å²) in [5.41, 5.74) is 0. The summed E-state index contributed by atoms with van der Waals surface area (Å²) in [7, 11) is 0. The predicted molar refractivity (Wildman–Crippen MR) is 111 cm³/mol. The lowest BCUT2D eigenvalue weighted by Crippen LogP contribution is -2.25. The number of nitroso groups, excluding NO2 is 1. The van der Waals surface area contributed by atoms with Gasteiger partial charge in [0.15, 0.2) is 0 Å². The van der Waals surface area contributed by atoms with Crippen LogP contribution in [0.25, 0.3) is 4.85 Å². The summed E-state index contributed by atoms with van der Waals surface area (Å²) in [5.74, 6) is 1.49. The van der Waals surface area contributed by atoms with Gasteiger partial charge in [0.2, 0.25) is 0 Å². The van der Waals surface area contributed by atoms with E-state index in [4.69, 9.17) is 6.57 Å². The van der Waals surface area contributed by atoms with E-state index < -0.39 is 0 Å². The van der Waals surface area contributed by atoms with Crippen molar-refractivity contribution in [1.29, 1.82) is 0 Å². The molecule has 5 unspecified atom stereocenters. The number of unbranched alkanes of at least 4 members (excludes halogenated alkanes) is 5. The first kappa shape index (κ1) is 23.1. The molecular formula is C22H41N2O2+. The van der Waals surface area contributed by atoms with E-state index in [0.29, 0.717) is 12.0 Å². The Kier molecular flexibility index (Phi) is 12.6. The minimum Gasteiger partial charge on any atom is -0.393 e. The molecule has 0 aliphatic heterocycles. The maximum atomic E-state index is 10.3. The third kappa shape index (κ3) is 10.3. The normalized spacial score (nSPS) is 25.4. The second kappa shape index (κ2) is 14.2. The van der Waals surface area contributed by atoms with Crippen LogP contribution in [0.4, 0.5) is 0 Å². The molecule has 5 atom stereocenters. The van der Waals surface area contributed by atoms with E-state index in [1.165, 1.54) is 57.8 Å². The number of hydrogen-bond acceptors (Lipinski definition) is 3. The van der Waals surface area contributed by atoms with Gasteiger partial charge in [-0.3, -0.25) is 0 Å². The average molecular weight is 366 g/mol. The predicted octanol–water partition coefficient (Wildman–Crippen LogP) is 6.56. The van der Waals surface area contributed by atoms with E-state index in [2.05, 4.69) is 16.9 Å². The molecule has 0 aromatic carbocycles. The summed E-state index contributed by atoms with van der Waals surface area (Å²) in [6.45, 7) is 9.65. The van der Waals surface area contributed by atoms with Gasteiger partial charge in [0.1, 0.15) is 0 Å². The Balaban J connectivity index is 1.90. The van der Waals surface area contributed by atoms with Gasteiger partial charge in [-0.2, -0.15) is 4.91 Å². The van der Waals surface area contributed by atoms with E-state index >= 15 is 0 Å². The fourth-order valence-corrected chi connectivity index (χ4v) is 4.22. The van der Waals surface area contributed by atoms with Gasteiger partial charge in [-0.15, -0.1) is 0 Å². The van der Waals surface area contributed by atoms with Crippen LogP contribution in [0.1, 0.15) is 104 Å². The molecule has 0 amide bonds. The zero-order chi connectivity index (χ0) is 19.2. The second-order valence-corrected chi connectivity index (χ2v) is 8.61. The molecule has 0 heterocycles. The smallest absolute Gasteiger partial charge is 0.274 e. The standard InChI is InChI=1S/C22H41N2O2/c1-18-15-16-20(17-22(18)23-3)12-8-6-4-5-7-9-13-21(25)14-10-11-19(2)24-26/h3,18-22,25H,4-17H2,1-2H3/q+1. The van der Waals surface area contributed by atoms with Gasteiger partial charge in [0.05, 0.1) is 12.1 Å². The molecule has 1 aliphatic rings. The summed E-state index contributed by atoms with van der Waals surface area (Å²) in [6, 6.07) is 0.271. The Hall–Kier alpha value is -0.950. The fourth-order valence-electron chi connectivity index (χ4n) is 4.22. The Labute approximate surface area is 160 Å². The summed E-state index contributed by atoms with van der Waals surface area (Å²) in [4.78, 5) is 14.4. The van der Waals surface area contributed by atoms with Crippen molar-refractivity contribution >= 4 is 0 Å². The zero-order valence-corrected chi connectivity index (χ0v) is 17.1. The van der Waals surface area contributed by atoms with Gasteiger partial charge in [-0.25, -0.2) is 0 Å². The molecule has 4 nitrogen and oxygen atoms in total. The topological polar surface area (TPSA) is 54.0 Å². The van der Waals surface area contributed by atoms with Crippen molar-refractivity contribution in [2.24, 2.45) is 17.0 Å². The Bertz CT molecular complexity index is 407. The number of aliphatic hydroxyl groups excluding tert-OH is 1. The quantitative estimate of drug-likeness (QED) is 0.280. The van der Waals surface area contributed by atoms with E-state index in [1.807, 2.05) is 6.92 Å². The fraction of sp³-hybridized carbons (Fsp3) is 0.955. The lowest BCUT2D eigenvalue weighted by Gasteiger charge is -2.25. The molecule has 150 valence electrons. The van der Waals surface area contributed by atoms with Crippen LogP contribution in [0, 0.1) is 23.3 Å². The molecule has 1 N–H and O–H groups in total. The lowest BCUT2D eigenvalue weighted by atomic mass is 9.77. The van der Waals surface area contributed by atoms with E-state index in [1.54, 1.807) is 0 Å². The highest BCUT2D eigenvalue weighted by Crippen LogP contribution is 2.33. The lowest BCUT2D eigenvalue weighted by molar-refractivity contribution is 0.147. The molecular weight excluding hydrogens is 324 g/mol. The van der Waals surface area contributed by atoms with Crippen LogP contribution in [0.2, 0.25) is 0 Å². The van der Waals surface area contributed by atoms with Crippen molar-refractivity contribution in [3.05, 3.63) is 9.75 Å². The molecule has 0 bridgehead atoms.